The molecule has 2 rings (SSSR count). The maximum atomic E-state index is 11.3. The summed E-state index contributed by atoms with van der Waals surface area (Å²) in [6.45, 7) is 8.08. The van der Waals surface area contributed by atoms with Crippen LogP contribution >= 0.6 is 0 Å². The third-order valence-corrected chi connectivity index (χ3v) is 3.77. The SMILES string of the molecule is Cc1cc2c(c(C)c1C)c(C)c(C(=O)O)n2C. The van der Waals surface area contributed by atoms with Crippen LogP contribution in [0.5, 0.6) is 0 Å². The van der Waals surface area contributed by atoms with Gasteiger partial charge in [-0.2, -0.15) is 0 Å². The second kappa shape index (κ2) is 3.62. The molecule has 0 bridgehead atoms. The number of aryl methyl sites for hydroxylation is 4. The largest absolute Gasteiger partial charge is 0.477 e. The van der Waals surface area contributed by atoms with Gasteiger partial charge in [-0.3, -0.25) is 0 Å². The van der Waals surface area contributed by atoms with Crippen molar-refractivity contribution in [1.29, 1.82) is 0 Å². The second-order valence-corrected chi connectivity index (χ2v) is 4.68. The van der Waals surface area contributed by atoms with Crippen molar-refractivity contribution in [2.24, 2.45) is 7.05 Å². The molecule has 0 amide bonds. The lowest BCUT2D eigenvalue weighted by atomic mass is 9.98. The Balaban J connectivity index is 3.03. The fourth-order valence-corrected chi connectivity index (χ4v) is 2.59. The number of carbonyl (C=O) groups is 1. The molecule has 0 fully saturated rings. The lowest BCUT2D eigenvalue weighted by Gasteiger charge is -2.07. The summed E-state index contributed by atoms with van der Waals surface area (Å²) in [6.07, 6.45) is 0. The molecule has 1 N–H and O–H groups in total. The number of fused-ring (bicyclic) bond motifs is 1. The van der Waals surface area contributed by atoms with E-state index in [-0.39, 0.29) is 0 Å². The smallest absolute Gasteiger partial charge is 0.352 e. The molecule has 17 heavy (non-hydrogen) atoms. The summed E-state index contributed by atoms with van der Waals surface area (Å²) in [7, 11) is 1.81. The molecule has 1 heterocycles. The van der Waals surface area contributed by atoms with Crippen LogP contribution in [-0.2, 0) is 7.05 Å². The Bertz CT molecular complexity index is 636. The van der Waals surface area contributed by atoms with Crippen molar-refractivity contribution in [3.63, 3.8) is 0 Å². The average molecular weight is 231 g/mol. The van der Waals surface area contributed by atoms with Gasteiger partial charge in [-0.1, -0.05) is 0 Å². The first-order valence-corrected chi connectivity index (χ1v) is 5.65. The van der Waals surface area contributed by atoms with Crippen LogP contribution in [0.15, 0.2) is 6.07 Å². The van der Waals surface area contributed by atoms with E-state index < -0.39 is 5.97 Å². The van der Waals surface area contributed by atoms with Crippen LogP contribution in [0.2, 0.25) is 0 Å². The zero-order valence-electron chi connectivity index (χ0n) is 10.9. The highest BCUT2D eigenvalue weighted by Gasteiger charge is 2.19. The van der Waals surface area contributed by atoms with E-state index >= 15 is 0 Å². The number of hydrogen-bond acceptors (Lipinski definition) is 1. The van der Waals surface area contributed by atoms with Gasteiger partial charge < -0.3 is 9.67 Å². The quantitative estimate of drug-likeness (QED) is 0.819. The van der Waals surface area contributed by atoms with E-state index in [1.165, 1.54) is 16.7 Å². The van der Waals surface area contributed by atoms with E-state index in [0.717, 1.165) is 16.5 Å². The topological polar surface area (TPSA) is 42.2 Å². The van der Waals surface area contributed by atoms with Gasteiger partial charge in [0.2, 0.25) is 0 Å². The van der Waals surface area contributed by atoms with Crippen molar-refractivity contribution >= 4 is 16.9 Å². The van der Waals surface area contributed by atoms with Crippen LogP contribution in [0, 0.1) is 27.7 Å². The third-order valence-electron chi connectivity index (χ3n) is 3.77. The fraction of sp³-hybridized carbons (Fsp3) is 0.357. The van der Waals surface area contributed by atoms with Crippen LogP contribution in [-0.4, -0.2) is 15.6 Å². The molecule has 0 unspecified atom stereocenters. The van der Waals surface area contributed by atoms with E-state index in [2.05, 4.69) is 26.8 Å². The number of benzene rings is 1. The van der Waals surface area contributed by atoms with Crippen LogP contribution in [0.4, 0.5) is 0 Å². The normalized spacial score (nSPS) is 11.1. The number of nitrogens with zero attached hydrogens (tertiary/aromatic N) is 1. The predicted octanol–water partition coefficient (Wildman–Crippen LogP) is 3.11. The van der Waals surface area contributed by atoms with Gasteiger partial charge in [0.1, 0.15) is 5.69 Å². The summed E-state index contributed by atoms with van der Waals surface area (Å²) in [4.78, 5) is 11.3. The molecular formula is C14H17NO2. The molecule has 3 heteroatoms. The summed E-state index contributed by atoms with van der Waals surface area (Å²) in [5.41, 5.74) is 5.86. The molecule has 1 aromatic heterocycles. The molecule has 90 valence electrons. The zero-order valence-corrected chi connectivity index (χ0v) is 10.9. The summed E-state index contributed by atoms with van der Waals surface area (Å²) < 4.78 is 1.77. The van der Waals surface area contributed by atoms with Gasteiger partial charge in [0.05, 0.1) is 0 Å². The Morgan fingerprint density at radius 3 is 2.24 bits per heavy atom. The van der Waals surface area contributed by atoms with E-state index in [0.29, 0.717) is 5.69 Å². The Hall–Kier alpha value is -1.77. The Morgan fingerprint density at radius 1 is 1.12 bits per heavy atom. The molecule has 1 aromatic carbocycles. The Labute approximate surface area is 101 Å². The van der Waals surface area contributed by atoms with E-state index in [1.807, 2.05) is 14.0 Å². The predicted molar refractivity (Wildman–Crippen MR) is 68.8 cm³/mol. The number of rotatable bonds is 1. The highest BCUT2D eigenvalue weighted by Crippen LogP contribution is 2.31. The number of hydrogen-bond donors (Lipinski definition) is 1. The molecular weight excluding hydrogens is 214 g/mol. The summed E-state index contributed by atoms with van der Waals surface area (Å²) in [5.74, 6) is -0.865. The van der Waals surface area contributed by atoms with Gasteiger partial charge in [-0.25, -0.2) is 4.79 Å². The minimum atomic E-state index is -0.865. The molecule has 0 saturated heterocycles. The lowest BCUT2D eigenvalue weighted by molar-refractivity contribution is 0.0686. The molecule has 0 aliphatic heterocycles. The molecule has 2 aromatic rings. The highest BCUT2D eigenvalue weighted by molar-refractivity contribution is 5.99. The van der Waals surface area contributed by atoms with E-state index in [9.17, 15) is 9.90 Å². The molecule has 0 aliphatic rings. The van der Waals surface area contributed by atoms with Crippen LogP contribution < -0.4 is 0 Å². The number of aromatic nitrogens is 1. The molecule has 0 spiro atoms. The van der Waals surface area contributed by atoms with Gasteiger partial charge in [0.15, 0.2) is 0 Å². The standard InChI is InChI=1S/C14H17NO2/c1-7-6-11-12(9(3)8(7)2)10(4)13(14(16)17)15(11)5/h6H,1-5H3,(H,16,17). The Morgan fingerprint density at radius 2 is 1.71 bits per heavy atom. The number of aromatic carboxylic acids is 1. The van der Waals surface area contributed by atoms with E-state index in [4.69, 9.17) is 0 Å². The first-order chi connectivity index (χ1) is 7.86. The monoisotopic (exact) mass is 231 g/mol. The molecule has 3 nitrogen and oxygen atoms in total. The minimum absolute atomic E-state index is 0.383. The van der Waals surface area contributed by atoms with Gasteiger partial charge in [0.25, 0.3) is 0 Å². The van der Waals surface area contributed by atoms with Crippen molar-refractivity contribution < 1.29 is 9.90 Å². The minimum Gasteiger partial charge on any atom is -0.477 e. The summed E-state index contributed by atoms with van der Waals surface area (Å²) in [5, 5.41) is 10.3. The van der Waals surface area contributed by atoms with Crippen molar-refractivity contribution in [3.8, 4) is 0 Å². The lowest BCUT2D eigenvalue weighted by Crippen LogP contribution is -2.05. The van der Waals surface area contributed by atoms with Crippen molar-refractivity contribution in [3.05, 3.63) is 34.0 Å². The first kappa shape index (κ1) is 11.7. The maximum Gasteiger partial charge on any atom is 0.352 e. The van der Waals surface area contributed by atoms with Crippen molar-refractivity contribution in [2.45, 2.75) is 27.7 Å². The third kappa shape index (κ3) is 1.46. The van der Waals surface area contributed by atoms with Crippen LogP contribution in [0.3, 0.4) is 0 Å². The number of carboxylic acid groups (broad SMARTS) is 1. The first-order valence-electron chi connectivity index (χ1n) is 5.65. The molecule has 0 radical (unpaired) electrons. The molecule has 0 aliphatic carbocycles. The van der Waals surface area contributed by atoms with Gasteiger partial charge in [-0.15, -0.1) is 0 Å². The maximum absolute atomic E-state index is 11.3. The van der Waals surface area contributed by atoms with Gasteiger partial charge in [-0.05, 0) is 56.0 Å². The average Bonchev–Trinajstić information content (AvgIpc) is 2.48. The van der Waals surface area contributed by atoms with Crippen molar-refractivity contribution in [1.82, 2.24) is 4.57 Å². The van der Waals surface area contributed by atoms with Gasteiger partial charge >= 0.3 is 5.97 Å². The van der Waals surface area contributed by atoms with Gasteiger partial charge in [0, 0.05) is 18.0 Å². The van der Waals surface area contributed by atoms with Crippen LogP contribution in [0.25, 0.3) is 10.9 Å². The summed E-state index contributed by atoms with van der Waals surface area (Å²) >= 11 is 0. The zero-order chi connectivity index (χ0) is 12.9. The molecule has 0 saturated carbocycles. The van der Waals surface area contributed by atoms with Crippen LogP contribution in [0.1, 0.15) is 32.7 Å². The fourth-order valence-electron chi connectivity index (χ4n) is 2.59. The van der Waals surface area contributed by atoms with Crippen molar-refractivity contribution in [2.75, 3.05) is 0 Å². The number of carboxylic acids is 1. The van der Waals surface area contributed by atoms with E-state index in [1.54, 1.807) is 4.57 Å². The highest BCUT2D eigenvalue weighted by atomic mass is 16.4. The molecule has 0 atom stereocenters. The second-order valence-electron chi connectivity index (χ2n) is 4.68. The Kier molecular flexibility index (Phi) is 2.49. The summed E-state index contributed by atoms with van der Waals surface area (Å²) in [6, 6.07) is 2.07.